The van der Waals surface area contributed by atoms with Crippen molar-refractivity contribution in [3.63, 3.8) is 0 Å². The Morgan fingerprint density at radius 3 is 2.87 bits per heavy atom. The number of carboxylic acids is 1. The summed E-state index contributed by atoms with van der Waals surface area (Å²) in [5.41, 5.74) is 1.07. The minimum atomic E-state index is -0.663. The third-order valence-electron chi connectivity index (χ3n) is 3.20. The molecular formula is C12H15NO2. The molecule has 3 nitrogen and oxygen atoms in total. The normalized spacial score (nSPS) is 26.1. The van der Waals surface area contributed by atoms with Crippen molar-refractivity contribution < 1.29 is 9.90 Å². The fraction of sp³-hybridized carbons (Fsp3) is 0.500. The standard InChI is InChI=1S/C12H15NO2/c14-12(15)11-6-2-1-5-10(11)9-4-3-7-13-8-9/h3-4,7-8,10-11H,1-2,5-6H2,(H,14,15)/t10-,11-/m0/s1. The van der Waals surface area contributed by atoms with E-state index < -0.39 is 5.97 Å². The zero-order valence-corrected chi connectivity index (χ0v) is 8.60. The number of aromatic nitrogens is 1. The van der Waals surface area contributed by atoms with E-state index in [4.69, 9.17) is 5.11 Å². The van der Waals surface area contributed by atoms with Crippen LogP contribution in [0.5, 0.6) is 0 Å². The third kappa shape index (κ3) is 2.17. The van der Waals surface area contributed by atoms with Crippen LogP contribution in [0.1, 0.15) is 37.2 Å². The van der Waals surface area contributed by atoms with E-state index >= 15 is 0 Å². The lowest BCUT2D eigenvalue weighted by atomic mass is 9.76. The van der Waals surface area contributed by atoms with Crippen LogP contribution in [-0.4, -0.2) is 16.1 Å². The lowest BCUT2D eigenvalue weighted by Crippen LogP contribution is -2.25. The van der Waals surface area contributed by atoms with Gasteiger partial charge in [-0.3, -0.25) is 9.78 Å². The summed E-state index contributed by atoms with van der Waals surface area (Å²) in [4.78, 5) is 15.2. The molecular weight excluding hydrogens is 190 g/mol. The van der Waals surface area contributed by atoms with Crippen molar-refractivity contribution in [2.75, 3.05) is 0 Å². The molecule has 1 aromatic heterocycles. The van der Waals surface area contributed by atoms with E-state index in [0.29, 0.717) is 0 Å². The molecule has 2 rings (SSSR count). The average molecular weight is 205 g/mol. The van der Waals surface area contributed by atoms with Crippen LogP contribution < -0.4 is 0 Å². The maximum Gasteiger partial charge on any atom is 0.307 e. The molecule has 0 saturated heterocycles. The fourth-order valence-electron chi connectivity index (χ4n) is 2.42. The van der Waals surface area contributed by atoms with Crippen LogP contribution in [0, 0.1) is 5.92 Å². The Kier molecular flexibility index (Phi) is 2.99. The van der Waals surface area contributed by atoms with E-state index in [1.165, 1.54) is 0 Å². The summed E-state index contributed by atoms with van der Waals surface area (Å²) in [6.07, 6.45) is 7.46. The summed E-state index contributed by atoms with van der Waals surface area (Å²) in [5.74, 6) is -0.726. The summed E-state index contributed by atoms with van der Waals surface area (Å²) >= 11 is 0. The Hall–Kier alpha value is -1.38. The van der Waals surface area contributed by atoms with Crippen LogP contribution in [0.2, 0.25) is 0 Å². The average Bonchev–Trinajstić information content (AvgIpc) is 2.30. The molecule has 15 heavy (non-hydrogen) atoms. The topological polar surface area (TPSA) is 50.2 Å². The number of hydrogen-bond acceptors (Lipinski definition) is 2. The van der Waals surface area contributed by atoms with Crippen molar-refractivity contribution >= 4 is 5.97 Å². The monoisotopic (exact) mass is 205 g/mol. The number of carboxylic acid groups (broad SMARTS) is 1. The van der Waals surface area contributed by atoms with E-state index in [0.717, 1.165) is 31.2 Å². The van der Waals surface area contributed by atoms with Crippen LogP contribution in [0.3, 0.4) is 0 Å². The molecule has 3 heteroatoms. The van der Waals surface area contributed by atoms with Gasteiger partial charge in [0.05, 0.1) is 5.92 Å². The molecule has 1 aromatic rings. The largest absolute Gasteiger partial charge is 0.481 e. The molecule has 0 amide bonds. The van der Waals surface area contributed by atoms with Crippen LogP contribution in [0.4, 0.5) is 0 Å². The maximum absolute atomic E-state index is 11.1. The Labute approximate surface area is 89.2 Å². The van der Waals surface area contributed by atoms with Gasteiger partial charge >= 0.3 is 5.97 Å². The van der Waals surface area contributed by atoms with Crippen LogP contribution in [-0.2, 0) is 4.79 Å². The Balaban J connectivity index is 2.22. The number of nitrogens with zero attached hydrogens (tertiary/aromatic N) is 1. The third-order valence-corrected chi connectivity index (χ3v) is 3.20. The lowest BCUT2D eigenvalue weighted by molar-refractivity contribution is -0.143. The van der Waals surface area contributed by atoms with Crippen LogP contribution in [0.15, 0.2) is 24.5 Å². The highest BCUT2D eigenvalue weighted by molar-refractivity contribution is 5.71. The van der Waals surface area contributed by atoms with Crippen molar-refractivity contribution in [3.05, 3.63) is 30.1 Å². The maximum atomic E-state index is 11.1. The van der Waals surface area contributed by atoms with Crippen molar-refractivity contribution in [3.8, 4) is 0 Å². The van der Waals surface area contributed by atoms with Gasteiger partial charge in [0.1, 0.15) is 0 Å². The predicted octanol–water partition coefficient (Wildman–Crippen LogP) is 2.44. The molecule has 1 fully saturated rings. The molecule has 2 atom stereocenters. The fourth-order valence-corrected chi connectivity index (χ4v) is 2.42. The van der Waals surface area contributed by atoms with E-state index in [1.807, 2.05) is 12.1 Å². The molecule has 1 heterocycles. The van der Waals surface area contributed by atoms with E-state index in [1.54, 1.807) is 12.4 Å². The molecule has 1 aliphatic carbocycles. The van der Waals surface area contributed by atoms with Crippen molar-refractivity contribution in [1.29, 1.82) is 0 Å². The molecule has 0 spiro atoms. The molecule has 0 unspecified atom stereocenters. The van der Waals surface area contributed by atoms with Gasteiger partial charge in [-0.25, -0.2) is 0 Å². The highest BCUT2D eigenvalue weighted by Crippen LogP contribution is 2.37. The predicted molar refractivity (Wildman–Crippen MR) is 56.6 cm³/mol. The van der Waals surface area contributed by atoms with Crippen molar-refractivity contribution in [1.82, 2.24) is 4.98 Å². The van der Waals surface area contributed by atoms with Gasteiger partial charge in [0.2, 0.25) is 0 Å². The molecule has 80 valence electrons. The van der Waals surface area contributed by atoms with Crippen molar-refractivity contribution in [2.45, 2.75) is 31.6 Å². The van der Waals surface area contributed by atoms with Gasteiger partial charge < -0.3 is 5.11 Å². The number of rotatable bonds is 2. The van der Waals surface area contributed by atoms with Crippen LogP contribution in [0.25, 0.3) is 0 Å². The van der Waals surface area contributed by atoms with Gasteiger partial charge in [-0.15, -0.1) is 0 Å². The Morgan fingerprint density at radius 1 is 1.40 bits per heavy atom. The number of pyridine rings is 1. The van der Waals surface area contributed by atoms with E-state index in [-0.39, 0.29) is 11.8 Å². The van der Waals surface area contributed by atoms with Gasteiger partial charge in [-0.1, -0.05) is 18.9 Å². The highest BCUT2D eigenvalue weighted by Gasteiger charge is 2.31. The van der Waals surface area contributed by atoms with Gasteiger partial charge in [0.25, 0.3) is 0 Å². The zero-order chi connectivity index (χ0) is 10.7. The molecule has 1 N–H and O–H groups in total. The number of aliphatic carboxylic acids is 1. The zero-order valence-electron chi connectivity index (χ0n) is 8.60. The quantitative estimate of drug-likeness (QED) is 0.806. The van der Waals surface area contributed by atoms with E-state index in [2.05, 4.69) is 4.98 Å². The Morgan fingerprint density at radius 2 is 2.20 bits per heavy atom. The van der Waals surface area contributed by atoms with Crippen molar-refractivity contribution in [2.24, 2.45) is 5.92 Å². The highest BCUT2D eigenvalue weighted by atomic mass is 16.4. The van der Waals surface area contributed by atoms with Gasteiger partial charge in [-0.05, 0) is 30.4 Å². The number of hydrogen-bond donors (Lipinski definition) is 1. The summed E-state index contributed by atoms with van der Waals surface area (Å²) in [7, 11) is 0. The van der Waals surface area contributed by atoms with E-state index in [9.17, 15) is 4.79 Å². The first kappa shape index (κ1) is 10.1. The summed E-state index contributed by atoms with van der Waals surface area (Å²) in [6, 6.07) is 3.86. The van der Waals surface area contributed by atoms with Gasteiger partial charge in [-0.2, -0.15) is 0 Å². The first-order valence-corrected chi connectivity index (χ1v) is 5.42. The van der Waals surface area contributed by atoms with Gasteiger partial charge in [0, 0.05) is 12.4 Å². The molecule has 1 aliphatic rings. The first-order chi connectivity index (χ1) is 7.29. The van der Waals surface area contributed by atoms with Crippen LogP contribution >= 0.6 is 0 Å². The minimum absolute atomic E-state index is 0.157. The molecule has 0 aliphatic heterocycles. The summed E-state index contributed by atoms with van der Waals surface area (Å²) in [5, 5.41) is 9.15. The second-order valence-corrected chi connectivity index (χ2v) is 4.12. The molecule has 0 aromatic carbocycles. The molecule has 0 radical (unpaired) electrons. The summed E-state index contributed by atoms with van der Waals surface area (Å²) < 4.78 is 0. The first-order valence-electron chi connectivity index (χ1n) is 5.42. The molecule has 1 saturated carbocycles. The molecule has 0 bridgehead atoms. The Bertz CT molecular complexity index is 337. The van der Waals surface area contributed by atoms with Gasteiger partial charge in [0.15, 0.2) is 0 Å². The minimum Gasteiger partial charge on any atom is -0.481 e. The number of carbonyl (C=O) groups is 1. The second kappa shape index (κ2) is 4.43. The lowest BCUT2D eigenvalue weighted by Gasteiger charge is -2.28. The SMILES string of the molecule is O=C(O)[C@H]1CCCC[C@H]1c1cccnc1. The summed E-state index contributed by atoms with van der Waals surface area (Å²) in [6.45, 7) is 0. The second-order valence-electron chi connectivity index (χ2n) is 4.12. The smallest absolute Gasteiger partial charge is 0.307 e.